The lowest BCUT2D eigenvalue weighted by atomic mass is 9.87. The highest BCUT2D eigenvalue weighted by Crippen LogP contribution is 2.45. The standard InChI is InChI=1S/C30H31N3O4S/c1-2-36-21-12-13-24-27(20-21)38-30(31-24)33(15-7-14-32-16-18-35-19-17-32)29(34)28-22-8-3-5-10-25(22)37-26-11-6-4-9-23(26)28/h3-6,8-13,20,28H,2,7,14-19H2,1H3. The zero-order valence-corrected chi connectivity index (χ0v) is 22.3. The van der Waals surface area contributed by atoms with Crippen molar-refractivity contribution in [3.05, 3.63) is 77.9 Å². The van der Waals surface area contributed by atoms with E-state index < -0.39 is 5.92 Å². The maximum Gasteiger partial charge on any atom is 0.241 e. The van der Waals surface area contributed by atoms with Crippen molar-refractivity contribution in [1.82, 2.24) is 9.88 Å². The van der Waals surface area contributed by atoms with Crippen LogP contribution < -0.4 is 14.4 Å². The smallest absolute Gasteiger partial charge is 0.241 e. The van der Waals surface area contributed by atoms with E-state index in [-0.39, 0.29) is 5.91 Å². The molecule has 38 heavy (non-hydrogen) atoms. The predicted molar refractivity (Wildman–Crippen MR) is 150 cm³/mol. The van der Waals surface area contributed by atoms with Crippen LogP contribution in [0.25, 0.3) is 10.2 Å². The van der Waals surface area contributed by atoms with E-state index in [2.05, 4.69) is 4.90 Å². The molecule has 196 valence electrons. The summed E-state index contributed by atoms with van der Waals surface area (Å²) in [6, 6.07) is 21.6. The number of carbonyl (C=O) groups is 1. The van der Waals surface area contributed by atoms with Gasteiger partial charge in [0.15, 0.2) is 5.13 Å². The van der Waals surface area contributed by atoms with Gasteiger partial charge >= 0.3 is 0 Å². The lowest BCUT2D eigenvalue weighted by Crippen LogP contribution is -2.40. The molecule has 2 aliphatic heterocycles. The summed E-state index contributed by atoms with van der Waals surface area (Å²) in [5.41, 5.74) is 2.63. The van der Waals surface area contributed by atoms with Gasteiger partial charge in [-0.3, -0.25) is 14.6 Å². The number of rotatable bonds is 8. The molecule has 1 saturated heterocycles. The summed E-state index contributed by atoms with van der Waals surface area (Å²) in [7, 11) is 0. The van der Waals surface area contributed by atoms with Gasteiger partial charge in [-0.1, -0.05) is 47.7 Å². The molecule has 6 rings (SSSR count). The highest BCUT2D eigenvalue weighted by molar-refractivity contribution is 7.22. The van der Waals surface area contributed by atoms with Gasteiger partial charge in [0.2, 0.25) is 5.91 Å². The van der Waals surface area contributed by atoms with E-state index in [4.69, 9.17) is 19.2 Å². The third-order valence-electron chi connectivity index (χ3n) is 7.04. The van der Waals surface area contributed by atoms with E-state index >= 15 is 0 Å². The van der Waals surface area contributed by atoms with Crippen molar-refractivity contribution in [2.24, 2.45) is 0 Å². The number of hydrogen-bond acceptors (Lipinski definition) is 7. The molecule has 3 aromatic carbocycles. The molecule has 7 nitrogen and oxygen atoms in total. The van der Waals surface area contributed by atoms with Crippen LogP contribution in [-0.4, -0.2) is 61.8 Å². The lowest BCUT2D eigenvalue weighted by Gasteiger charge is -2.32. The van der Waals surface area contributed by atoms with Crippen LogP contribution >= 0.6 is 11.3 Å². The molecule has 0 saturated carbocycles. The molecule has 0 atom stereocenters. The van der Waals surface area contributed by atoms with Crippen molar-refractivity contribution < 1.29 is 19.0 Å². The molecule has 3 heterocycles. The van der Waals surface area contributed by atoms with Crippen LogP contribution in [0.5, 0.6) is 17.2 Å². The number of para-hydroxylation sites is 2. The molecule has 2 aliphatic rings. The van der Waals surface area contributed by atoms with Gasteiger partial charge in [-0.25, -0.2) is 4.98 Å². The Labute approximate surface area is 226 Å². The van der Waals surface area contributed by atoms with E-state index in [1.807, 2.05) is 78.6 Å². The first kappa shape index (κ1) is 24.9. The Morgan fingerprint density at radius 3 is 2.47 bits per heavy atom. The Kier molecular flexibility index (Phi) is 7.27. The Hall–Kier alpha value is -3.46. The van der Waals surface area contributed by atoms with Crippen LogP contribution in [0.3, 0.4) is 0 Å². The van der Waals surface area contributed by atoms with E-state index in [0.29, 0.717) is 18.3 Å². The van der Waals surface area contributed by atoms with Crippen LogP contribution in [0, 0.1) is 0 Å². The third kappa shape index (κ3) is 4.99. The molecule has 0 bridgehead atoms. The fourth-order valence-electron chi connectivity index (χ4n) is 5.17. The zero-order valence-electron chi connectivity index (χ0n) is 21.5. The second-order valence-corrected chi connectivity index (χ2v) is 10.5. The number of morpholine rings is 1. The number of benzene rings is 3. The second kappa shape index (κ2) is 11.1. The number of thiazole rings is 1. The van der Waals surface area contributed by atoms with Gasteiger partial charge in [-0.05, 0) is 43.7 Å². The number of fused-ring (bicyclic) bond motifs is 3. The molecule has 1 aromatic heterocycles. The maximum atomic E-state index is 14.5. The first-order valence-electron chi connectivity index (χ1n) is 13.2. The highest BCUT2D eigenvalue weighted by Gasteiger charge is 2.36. The molecule has 0 aliphatic carbocycles. The number of nitrogens with zero attached hydrogens (tertiary/aromatic N) is 3. The van der Waals surface area contributed by atoms with Crippen molar-refractivity contribution in [1.29, 1.82) is 0 Å². The quantitative estimate of drug-likeness (QED) is 0.292. The number of carbonyl (C=O) groups excluding carboxylic acids is 1. The highest BCUT2D eigenvalue weighted by atomic mass is 32.1. The van der Waals surface area contributed by atoms with E-state index in [0.717, 1.165) is 77.9 Å². The van der Waals surface area contributed by atoms with Gasteiger partial charge in [-0.15, -0.1) is 0 Å². The summed E-state index contributed by atoms with van der Waals surface area (Å²) < 4.78 is 18.4. The first-order valence-corrected chi connectivity index (χ1v) is 14.0. The normalized spacial score (nSPS) is 15.5. The van der Waals surface area contributed by atoms with Crippen LogP contribution in [0.4, 0.5) is 5.13 Å². The van der Waals surface area contributed by atoms with E-state index in [1.165, 1.54) is 11.3 Å². The molecular formula is C30H31N3O4S. The summed E-state index contributed by atoms with van der Waals surface area (Å²) in [5.74, 6) is 1.81. The Morgan fingerprint density at radius 2 is 1.76 bits per heavy atom. The minimum atomic E-state index is -0.467. The minimum absolute atomic E-state index is 0.0132. The van der Waals surface area contributed by atoms with Gasteiger partial charge in [0.25, 0.3) is 0 Å². The van der Waals surface area contributed by atoms with Gasteiger partial charge in [0, 0.05) is 37.3 Å². The fraction of sp³-hybridized carbons (Fsp3) is 0.333. The molecule has 1 fully saturated rings. The summed E-state index contributed by atoms with van der Waals surface area (Å²) >= 11 is 1.54. The molecule has 4 aromatic rings. The van der Waals surface area contributed by atoms with E-state index in [9.17, 15) is 4.79 Å². The topological polar surface area (TPSA) is 64.1 Å². The Morgan fingerprint density at radius 1 is 1.05 bits per heavy atom. The third-order valence-corrected chi connectivity index (χ3v) is 8.08. The Balaban J connectivity index is 1.36. The minimum Gasteiger partial charge on any atom is -0.494 e. The van der Waals surface area contributed by atoms with Crippen molar-refractivity contribution in [3.8, 4) is 17.2 Å². The van der Waals surface area contributed by atoms with Crippen molar-refractivity contribution >= 4 is 32.6 Å². The van der Waals surface area contributed by atoms with Crippen molar-refractivity contribution in [2.75, 3.05) is 50.9 Å². The molecule has 8 heteroatoms. The van der Waals surface area contributed by atoms with Crippen LogP contribution in [0.2, 0.25) is 0 Å². The monoisotopic (exact) mass is 529 g/mol. The van der Waals surface area contributed by atoms with Gasteiger partial charge in [0.1, 0.15) is 17.2 Å². The van der Waals surface area contributed by atoms with E-state index in [1.54, 1.807) is 0 Å². The maximum absolute atomic E-state index is 14.5. The van der Waals surface area contributed by atoms with Crippen molar-refractivity contribution in [3.63, 3.8) is 0 Å². The molecule has 0 N–H and O–H groups in total. The SMILES string of the molecule is CCOc1ccc2nc(N(CCCN3CCOCC3)C(=O)C3c4ccccc4Oc4ccccc43)sc2c1. The number of aromatic nitrogens is 1. The summed E-state index contributed by atoms with van der Waals surface area (Å²) in [5, 5.41) is 0.710. The molecular weight excluding hydrogens is 498 g/mol. The predicted octanol–water partition coefficient (Wildman–Crippen LogP) is 5.69. The Bertz CT molecular complexity index is 1390. The largest absolute Gasteiger partial charge is 0.494 e. The van der Waals surface area contributed by atoms with Crippen LogP contribution in [0.15, 0.2) is 66.7 Å². The van der Waals surface area contributed by atoms with Gasteiger partial charge < -0.3 is 14.2 Å². The summed E-state index contributed by atoms with van der Waals surface area (Å²) in [6.45, 7) is 7.44. The number of amides is 1. The molecule has 0 radical (unpaired) electrons. The molecule has 0 unspecified atom stereocenters. The summed E-state index contributed by atoms with van der Waals surface area (Å²) in [4.78, 5) is 23.7. The first-order chi connectivity index (χ1) is 18.7. The zero-order chi connectivity index (χ0) is 25.9. The summed E-state index contributed by atoms with van der Waals surface area (Å²) in [6.07, 6.45) is 0.846. The lowest BCUT2D eigenvalue weighted by molar-refractivity contribution is -0.119. The molecule has 1 amide bonds. The van der Waals surface area contributed by atoms with Crippen LogP contribution in [-0.2, 0) is 9.53 Å². The van der Waals surface area contributed by atoms with Gasteiger partial charge in [-0.2, -0.15) is 0 Å². The number of ether oxygens (including phenoxy) is 3. The van der Waals surface area contributed by atoms with Crippen molar-refractivity contribution in [2.45, 2.75) is 19.3 Å². The average molecular weight is 530 g/mol. The molecule has 0 spiro atoms. The van der Waals surface area contributed by atoms with Crippen LogP contribution in [0.1, 0.15) is 30.4 Å². The average Bonchev–Trinajstić information content (AvgIpc) is 3.37. The fourth-order valence-corrected chi connectivity index (χ4v) is 6.20. The number of anilines is 1. The second-order valence-electron chi connectivity index (χ2n) is 9.47. The number of hydrogen-bond donors (Lipinski definition) is 0. The van der Waals surface area contributed by atoms with Gasteiger partial charge in [0.05, 0.1) is 36.0 Å².